The standard InChI is InChI=1S/C12H14Br2INO/c1-2-6-16(7-5-13)12(17)10-8-9(15)3-4-11(10)14/h3-4,8H,2,5-7H2,1H3. The summed E-state index contributed by atoms with van der Waals surface area (Å²) in [5.74, 6) is 0.0942. The van der Waals surface area contributed by atoms with Gasteiger partial charge < -0.3 is 4.90 Å². The maximum Gasteiger partial charge on any atom is 0.255 e. The van der Waals surface area contributed by atoms with Gasteiger partial charge in [0.15, 0.2) is 0 Å². The van der Waals surface area contributed by atoms with E-state index < -0.39 is 0 Å². The minimum absolute atomic E-state index is 0.0942. The molecular formula is C12H14Br2INO. The van der Waals surface area contributed by atoms with Crippen LogP contribution < -0.4 is 0 Å². The molecule has 2 nitrogen and oxygen atoms in total. The smallest absolute Gasteiger partial charge is 0.255 e. The summed E-state index contributed by atoms with van der Waals surface area (Å²) in [5.41, 5.74) is 0.742. The molecule has 0 aliphatic heterocycles. The molecule has 1 rings (SSSR count). The highest BCUT2D eigenvalue weighted by atomic mass is 127. The van der Waals surface area contributed by atoms with Gasteiger partial charge in [-0.1, -0.05) is 22.9 Å². The molecule has 0 saturated carbocycles. The zero-order valence-corrected chi connectivity index (χ0v) is 14.9. The van der Waals surface area contributed by atoms with Gasteiger partial charge in [-0.3, -0.25) is 4.79 Å². The van der Waals surface area contributed by atoms with Gasteiger partial charge in [-0.25, -0.2) is 0 Å². The molecule has 1 aromatic carbocycles. The van der Waals surface area contributed by atoms with Crippen LogP contribution in [0.2, 0.25) is 0 Å². The molecule has 0 N–H and O–H groups in total. The lowest BCUT2D eigenvalue weighted by atomic mass is 10.2. The van der Waals surface area contributed by atoms with Gasteiger partial charge in [0.1, 0.15) is 0 Å². The van der Waals surface area contributed by atoms with Gasteiger partial charge in [0, 0.05) is 26.5 Å². The normalized spacial score (nSPS) is 10.4. The Morgan fingerprint density at radius 1 is 1.41 bits per heavy atom. The first-order chi connectivity index (χ1) is 8.10. The molecule has 94 valence electrons. The fourth-order valence-corrected chi connectivity index (χ4v) is 2.85. The molecule has 1 aromatic rings. The van der Waals surface area contributed by atoms with Gasteiger partial charge in [0.05, 0.1) is 5.56 Å². The second-order valence-corrected chi connectivity index (χ2v) is 6.50. The van der Waals surface area contributed by atoms with Gasteiger partial charge in [0.2, 0.25) is 0 Å². The summed E-state index contributed by atoms with van der Waals surface area (Å²) in [6.07, 6.45) is 0.973. The van der Waals surface area contributed by atoms with Crippen LogP contribution in [0.4, 0.5) is 0 Å². The Hall–Kier alpha value is 0.380. The lowest BCUT2D eigenvalue weighted by Crippen LogP contribution is -2.33. The summed E-state index contributed by atoms with van der Waals surface area (Å²) < 4.78 is 1.93. The molecule has 0 bridgehead atoms. The predicted octanol–water partition coefficient (Wildman–Crippen LogP) is 4.30. The molecule has 0 fully saturated rings. The van der Waals surface area contributed by atoms with E-state index in [1.54, 1.807) is 0 Å². The quantitative estimate of drug-likeness (QED) is 0.460. The van der Waals surface area contributed by atoms with E-state index >= 15 is 0 Å². The fourth-order valence-electron chi connectivity index (χ4n) is 1.52. The monoisotopic (exact) mass is 473 g/mol. The minimum atomic E-state index is 0.0942. The number of carbonyl (C=O) groups excluding carboxylic acids is 1. The number of hydrogen-bond donors (Lipinski definition) is 0. The van der Waals surface area contributed by atoms with Crippen LogP contribution in [0.15, 0.2) is 22.7 Å². The van der Waals surface area contributed by atoms with E-state index in [2.05, 4.69) is 61.4 Å². The number of halogens is 3. The van der Waals surface area contributed by atoms with E-state index in [0.29, 0.717) is 0 Å². The highest BCUT2D eigenvalue weighted by Crippen LogP contribution is 2.21. The van der Waals surface area contributed by atoms with E-state index in [4.69, 9.17) is 0 Å². The fraction of sp³-hybridized carbons (Fsp3) is 0.417. The summed E-state index contributed by atoms with van der Waals surface area (Å²) in [6, 6.07) is 5.83. The maximum atomic E-state index is 12.4. The topological polar surface area (TPSA) is 20.3 Å². The lowest BCUT2D eigenvalue weighted by molar-refractivity contribution is 0.0765. The molecule has 1 amide bonds. The number of amides is 1. The van der Waals surface area contributed by atoms with E-state index in [1.165, 1.54) is 0 Å². The first-order valence-electron chi connectivity index (χ1n) is 5.40. The number of hydrogen-bond acceptors (Lipinski definition) is 1. The molecule has 0 aliphatic rings. The molecule has 5 heteroatoms. The molecule has 0 heterocycles. The molecule has 0 spiro atoms. The minimum Gasteiger partial charge on any atom is -0.338 e. The maximum absolute atomic E-state index is 12.4. The van der Waals surface area contributed by atoms with Crippen LogP contribution in [-0.4, -0.2) is 29.2 Å². The molecule has 17 heavy (non-hydrogen) atoms. The summed E-state index contributed by atoms with van der Waals surface area (Å²) >= 11 is 9.05. The Labute approximate surface area is 133 Å². The Bertz CT molecular complexity index is 392. The van der Waals surface area contributed by atoms with Gasteiger partial charge in [0.25, 0.3) is 5.91 Å². The summed E-state index contributed by atoms with van der Waals surface area (Å²) in [5, 5.41) is 0.806. The number of nitrogens with zero attached hydrogens (tertiary/aromatic N) is 1. The number of benzene rings is 1. The number of alkyl halides is 1. The van der Waals surface area contributed by atoms with Crippen LogP contribution in [0.1, 0.15) is 23.7 Å². The highest BCUT2D eigenvalue weighted by Gasteiger charge is 2.17. The Kier molecular flexibility index (Phi) is 7.02. The van der Waals surface area contributed by atoms with Gasteiger partial charge >= 0.3 is 0 Å². The molecule has 0 radical (unpaired) electrons. The van der Waals surface area contributed by atoms with Crippen molar-refractivity contribution in [1.29, 1.82) is 0 Å². The molecule has 0 saturated heterocycles. The average molecular weight is 475 g/mol. The zero-order valence-electron chi connectivity index (χ0n) is 9.55. The molecule has 0 atom stereocenters. The molecular weight excluding hydrogens is 461 g/mol. The van der Waals surface area contributed by atoms with Crippen LogP contribution in [0, 0.1) is 3.57 Å². The second kappa shape index (κ2) is 7.74. The first-order valence-corrected chi connectivity index (χ1v) is 8.39. The molecule has 0 unspecified atom stereocenters. The second-order valence-electron chi connectivity index (χ2n) is 3.61. The third-order valence-corrected chi connectivity index (χ3v) is 4.01. The average Bonchev–Trinajstić information content (AvgIpc) is 2.31. The van der Waals surface area contributed by atoms with E-state index in [-0.39, 0.29) is 5.91 Å². The Morgan fingerprint density at radius 2 is 2.12 bits per heavy atom. The SMILES string of the molecule is CCCN(CCBr)C(=O)c1cc(I)ccc1Br. The summed E-state index contributed by atoms with van der Waals surface area (Å²) in [7, 11) is 0. The highest BCUT2D eigenvalue weighted by molar-refractivity contribution is 14.1. The van der Waals surface area contributed by atoms with Crippen molar-refractivity contribution in [3.63, 3.8) is 0 Å². The van der Waals surface area contributed by atoms with E-state index in [9.17, 15) is 4.79 Å². The predicted molar refractivity (Wildman–Crippen MR) is 86.8 cm³/mol. The van der Waals surface area contributed by atoms with Crippen LogP contribution in [-0.2, 0) is 0 Å². The van der Waals surface area contributed by atoms with Crippen molar-refractivity contribution >= 4 is 60.4 Å². The summed E-state index contributed by atoms with van der Waals surface area (Å²) in [4.78, 5) is 14.2. The van der Waals surface area contributed by atoms with Crippen molar-refractivity contribution < 1.29 is 4.79 Å². The van der Waals surface area contributed by atoms with Gasteiger partial charge in [-0.2, -0.15) is 0 Å². The first kappa shape index (κ1) is 15.4. The van der Waals surface area contributed by atoms with Crippen molar-refractivity contribution in [3.05, 3.63) is 31.8 Å². The van der Waals surface area contributed by atoms with E-state index in [0.717, 1.165) is 38.4 Å². The van der Waals surface area contributed by atoms with E-state index in [1.807, 2.05) is 23.1 Å². The van der Waals surface area contributed by atoms with Crippen molar-refractivity contribution in [2.24, 2.45) is 0 Å². The third-order valence-electron chi connectivity index (χ3n) is 2.29. The van der Waals surface area contributed by atoms with Crippen molar-refractivity contribution in [2.45, 2.75) is 13.3 Å². The third kappa shape index (κ3) is 4.52. The van der Waals surface area contributed by atoms with Crippen molar-refractivity contribution in [3.8, 4) is 0 Å². The van der Waals surface area contributed by atoms with Crippen molar-refractivity contribution in [2.75, 3.05) is 18.4 Å². The largest absolute Gasteiger partial charge is 0.338 e. The zero-order chi connectivity index (χ0) is 12.8. The molecule has 0 aliphatic carbocycles. The lowest BCUT2D eigenvalue weighted by Gasteiger charge is -2.21. The number of carbonyl (C=O) groups is 1. The van der Waals surface area contributed by atoms with Gasteiger partial charge in [-0.15, -0.1) is 0 Å². The number of rotatable bonds is 5. The summed E-state index contributed by atoms with van der Waals surface area (Å²) in [6.45, 7) is 3.62. The Morgan fingerprint density at radius 3 is 2.71 bits per heavy atom. The Balaban J connectivity index is 2.95. The van der Waals surface area contributed by atoms with Crippen molar-refractivity contribution in [1.82, 2.24) is 4.90 Å². The van der Waals surface area contributed by atoms with Crippen LogP contribution in [0.3, 0.4) is 0 Å². The van der Waals surface area contributed by atoms with Gasteiger partial charge in [-0.05, 0) is 63.1 Å². The van der Waals surface area contributed by atoms with Crippen LogP contribution >= 0.6 is 54.5 Å². The molecule has 0 aromatic heterocycles. The van der Waals surface area contributed by atoms with Crippen LogP contribution in [0.5, 0.6) is 0 Å². The van der Waals surface area contributed by atoms with Crippen LogP contribution in [0.25, 0.3) is 0 Å².